The molecule has 3 rings (SSSR count). The maximum Gasteiger partial charge on any atom is 0.251 e. The Morgan fingerprint density at radius 1 is 1.08 bits per heavy atom. The van der Waals surface area contributed by atoms with E-state index >= 15 is 0 Å². The van der Waals surface area contributed by atoms with Crippen LogP contribution in [-0.2, 0) is 17.8 Å². The van der Waals surface area contributed by atoms with E-state index in [1.807, 2.05) is 24.3 Å². The van der Waals surface area contributed by atoms with E-state index in [2.05, 4.69) is 48.3 Å². The fourth-order valence-electron chi connectivity index (χ4n) is 3.14. The molecule has 1 aliphatic rings. The molecule has 0 atom stereocenters. The van der Waals surface area contributed by atoms with Crippen molar-refractivity contribution in [1.29, 1.82) is 0 Å². The van der Waals surface area contributed by atoms with Gasteiger partial charge in [-0.05, 0) is 47.7 Å². The lowest BCUT2D eigenvalue weighted by atomic mass is 10.1. The first-order valence-electron chi connectivity index (χ1n) is 9.41. The Labute approximate surface area is 156 Å². The molecule has 1 N–H and O–H groups in total. The Kier molecular flexibility index (Phi) is 6.29. The molecule has 0 bridgehead atoms. The molecule has 0 unspecified atom stereocenters. The van der Waals surface area contributed by atoms with E-state index in [4.69, 9.17) is 4.74 Å². The van der Waals surface area contributed by atoms with E-state index in [9.17, 15) is 4.79 Å². The van der Waals surface area contributed by atoms with Crippen molar-refractivity contribution in [2.24, 2.45) is 5.92 Å². The second kappa shape index (κ2) is 8.86. The van der Waals surface area contributed by atoms with Crippen molar-refractivity contribution in [2.75, 3.05) is 24.7 Å². The Morgan fingerprint density at radius 3 is 2.35 bits per heavy atom. The molecule has 2 aromatic rings. The van der Waals surface area contributed by atoms with Gasteiger partial charge in [-0.3, -0.25) is 4.79 Å². The number of nitrogens with zero attached hydrogens (tertiary/aromatic N) is 1. The second-order valence-corrected chi connectivity index (χ2v) is 7.25. The third kappa shape index (κ3) is 4.85. The molecular weight excluding hydrogens is 324 g/mol. The monoisotopic (exact) mass is 352 g/mol. The number of anilines is 1. The van der Waals surface area contributed by atoms with Crippen LogP contribution in [0.15, 0.2) is 48.5 Å². The summed E-state index contributed by atoms with van der Waals surface area (Å²) in [7, 11) is 0. The minimum atomic E-state index is -0.0230. The zero-order valence-electron chi connectivity index (χ0n) is 15.7. The largest absolute Gasteiger partial charge is 0.381 e. The molecule has 4 nitrogen and oxygen atoms in total. The maximum atomic E-state index is 12.2. The van der Waals surface area contributed by atoms with Gasteiger partial charge in [-0.2, -0.15) is 0 Å². The highest BCUT2D eigenvalue weighted by Gasteiger charge is 2.18. The topological polar surface area (TPSA) is 41.6 Å². The predicted molar refractivity (Wildman–Crippen MR) is 105 cm³/mol. The highest BCUT2D eigenvalue weighted by Crippen LogP contribution is 2.28. The molecule has 2 aromatic carbocycles. The summed E-state index contributed by atoms with van der Waals surface area (Å²) < 4.78 is 5.53. The molecule has 0 spiro atoms. The highest BCUT2D eigenvalue weighted by atomic mass is 16.5. The smallest absolute Gasteiger partial charge is 0.251 e. The number of hydrogen-bond donors (Lipinski definition) is 1. The van der Waals surface area contributed by atoms with Crippen LogP contribution in [0, 0.1) is 5.92 Å². The van der Waals surface area contributed by atoms with Gasteiger partial charge in [0, 0.05) is 44.1 Å². The van der Waals surface area contributed by atoms with Gasteiger partial charge in [0.2, 0.25) is 0 Å². The zero-order chi connectivity index (χ0) is 18.4. The number of carbonyl (C=O) groups excluding carboxylic acids is 1. The third-order valence-electron chi connectivity index (χ3n) is 4.54. The number of hydrogen-bond acceptors (Lipinski definition) is 3. The Balaban J connectivity index is 1.45. The lowest BCUT2D eigenvalue weighted by molar-refractivity contribution is 0.0925. The van der Waals surface area contributed by atoms with Gasteiger partial charge in [0.25, 0.3) is 5.91 Å². The highest BCUT2D eigenvalue weighted by molar-refractivity contribution is 5.94. The number of amides is 1. The van der Waals surface area contributed by atoms with Crippen LogP contribution < -0.4 is 10.2 Å². The van der Waals surface area contributed by atoms with Crippen molar-refractivity contribution in [2.45, 2.75) is 33.4 Å². The SMILES string of the molecule is CC(C)COCCCNC(=O)c1ccc(N2Cc3ccccc3C2)cc1. The maximum absolute atomic E-state index is 12.2. The summed E-state index contributed by atoms with van der Waals surface area (Å²) in [6, 6.07) is 16.4. The Hall–Kier alpha value is -2.33. The third-order valence-corrected chi connectivity index (χ3v) is 4.54. The quantitative estimate of drug-likeness (QED) is 0.730. The van der Waals surface area contributed by atoms with Crippen LogP contribution in [0.1, 0.15) is 41.8 Å². The molecule has 26 heavy (non-hydrogen) atoms. The summed E-state index contributed by atoms with van der Waals surface area (Å²) in [5.41, 5.74) is 4.62. The first-order valence-corrected chi connectivity index (χ1v) is 9.41. The minimum absolute atomic E-state index is 0.0230. The van der Waals surface area contributed by atoms with E-state index in [0.29, 0.717) is 24.6 Å². The van der Waals surface area contributed by atoms with Crippen LogP contribution in [0.3, 0.4) is 0 Å². The number of carbonyl (C=O) groups is 1. The van der Waals surface area contributed by atoms with Crippen LogP contribution >= 0.6 is 0 Å². The van der Waals surface area contributed by atoms with Gasteiger partial charge < -0.3 is 15.0 Å². The first kappa shape index (κ1) is 18.5. The van der Waals surface area contributed by atoms with Crippen molar-refractivity contribution in [1.82, 2.24) is 5.32 Å². The molecule has 4 heteroatoms. The van der Waals surface area contributed by atoms with Gasteiger partial charge in [-0.25, -0.2) is 0 Å². The number of ether oxygens (including phenoxy) is 1. The van der Waals surface area contributed by atoms with Crippen molar-refractivity contribution >= 4 is 11.6 Å². The second-order valence-electron chi connectivity index (χ2n) is 7.25. The molecule has 138 valence electrons. The lowest BCUT2D eigenvalue weighted by Gasteiger charge is -2.18. The number of rotatable bonds is 8. The van der Waals surface area contributed by atoms with E-state index in [1.54, 1.807) is 0 Å². The standard InChI is InChI=1S/C22H28N2O2/c1-17(2)16-26-13-5-12-23-22(25)18-8-10-21(11-9-18)24-14-19-6-3-4-7-20(19)15-24/h3-4,6-11,17H,5,12-16H2,1-2H3,(H,23,25). The molecular formula is C22H28N2O2. The molecule has 0 aromatic heterocycles. The number of benzene rings is 2. The summed E-state index contributed by atoms with van der Waals surface area (Å²) in [4.78, 5) is 14.6. The summed E-state index contributed by atoms with van der Waals surface area (Å²) in [5.74, 6) is 0.525. The molecule has 0 aliphatic carbocycles. The average molecular weight is 352 g/mol. The van der Waals surface area contributed by atoms with Gasteiger partial charge >= 0.3 is 0 Å². The summed E-state index contributed by atoms with van der Waals surface area (Å²) >= 11 is 0. The summed E-state index contributed by atoms with van der Waals surface area (Å²) in [6.07, 6.45) is 0.836. The van der Waals surface area contributed by atoms with Gasteiger partial charge in [0.05, 0.1) is 0 Å². The van der Waals surface area contributed by atoms with Crippen molar-refractivity contribution in [3.8, 4) is 0 Å². The average Bonchev–Trinajstić information content (AvgIpc) is 3.08. The predicted octanol–water partition coefficient (Wildman–Crippen LogP) is 4.00. The van der Waals surface area contributed by atoms with Gasteiger partial charge in [-0.1, -0.05) is 38.1 Å². The Bertz CT molecular complexity index is 700. The normalized spacial score (nSPS) is 13.1. The van der Waals surface area contributed by atoms with Crippen molar-refractivity contribution < 1.29 is 9.53 Å². The fourth-order valence-corrected chi connectivity index (χ4v) is 3.14. The fraction of sp³-hybridized carbons (Fsp3) is 0.409. The van der Waals surface area contributed by atoms with E-state index in [0.717, 1.165) is 31.8 Å². The zero-order valence-corrected chi connectivity index (χ0v) is 15.7. The van der Waals surface area contributed by atoms with E-state index < -0.39 is 0 Å². The van der Waals surface area contributed by atoms with Crippen LogP contribution in [-0.4, -0.2) is 25.7 Å². The molecule has 0 saturated heterocycles. The lowest BCUT2D eigenvalue weighted by Crippen LogP contribution is -2.25. The summed E-state index contributed by atoms with van der Waals surface area (Å²) in [6.45, 7) is 8.22. The number of nitrogens with one attached hydrogen (secondary N) is 1. The van der Waals surface area contributed by atoms with Crippen LogP contribution in [0.2, 0.25) is 0 Å². The van der Waals surface area contributed by atoms with Crippen LogP contribution in [0.5, 0.6) is 0 Å². The van der Waals surface area contributed by atoms with Crippen LogP contribution in [0.4, 0.5) is 5.69 Å². The molecule has 1 aliphatic heterocycles. The molecule has 1 amide bonds. The van der Waals surface area contributed by atoms with Crippen LogP contribution in [0.25, 0.3) is 0 Å². The van der Waals surface area contributed by atoms with Gasteiger partial charge in [0.1, 0.15) is 0 Å². The molecule has 0 fully saturated rings. The van der Waals surface area contributed by atoms with E-state index in [-0.39, 0.29) is 5.91 Å². The molecule has 1 heterocycles. The molecule has 0 radical (unpaired) electrons. The van der Waals surface area contributed by atoms with E-state index in [1.165, 1.54) is 11.1 Å². The van der Waals surface area contributed by atoms with Gasteiger partial charge in [0.15, 0.2) is 0 Å². The Morgan fingerprint density at radius 2 is 1.73 bits per heavy atom. The van der Waals surface area contributed by atoms with Gasteiger partial charge in [-0.15, -0.1) is 0 Å². The number of fused-ring (bicyclic) bond motifs is 1. The van der Waals surface area contributed by atoms with Crippen molar-refractivity contribution in [3.05, 3.63) is 65.2 Å². The molecule has 0 saturated carbocycles. The minimum Gasteiger partial charge on any atom is -0.381 e. The van der Waals surface area contributed by atoms with Crippen molar-refractivity contribution in [3.63, 3.8) is 0 Å². The first-order chi connectivity index (χ1) is 12.6. The summed E-state index contributed by atoms with van der Waals surface area (Å²) in [5, 5.41) is 2.96.